The zero-order valence-corrected chi connectivity index (χ0v) is 13.7. The third-order valence-electron chi connectivity index (χ3n) is 4.47. The topological polar surface area (TPSA) is 37.7 Å². The van der Waals surface area contributed by atoms with Gasteiger partial charge in [-0.15, -0.1) is 11.3 Å². The molecule has 0 amide bonds. The standard InChI is InChI=1S/C19H15N3OS/c1-2-7-17-14(6-1)16-11-15(18-8-4-10-24-18)21-22(16)19(23-17)13-5-3-9-20-12-13/h1-10,12,16,19H,11H2. The maximum Gasteiger partial charge on any atom is 0.215 e. The van der Waals surface area contributed by atoms with Gasteiger partial charge in [-0.3, -0.25) is 4.98 Å². The molecule has 1 aromatic carbocycles. The Morgan fingerprint density at radius 1 is 1.08 bits per heavy atom. The van der Waals surface area contributed by atoms with E-state index < -0.39 is 0 Å². The smallest absolute Gasteiger partial charge is 0.215 e. The highest BCUT2D eigenvalue weighted by atomic mass is 32.1. The lowest BCUT2D eigenvalue weighted by Gasteiger charge is -2.38. The van der Waals surface area contributed by atoms with E-state index in [0.29, 0.717) is 0 Å². The number of fused-ring (bicyclic) bond motifs is 3. The minimum Gasteiger partial charge on any atom is -0.464 e. The first kappa shape index (κ1) is 13.7. The molecule has 118 valence electrons. The van der Waals surface area contributed by atoms with Crippen molar-refractivity contribution in [1.82, 2.24) is 9.99 Å². The summed E-state index contributed by atoms with van der Waals surface area (Å²) >= 11 is 1.73. The molecule has 4 nitrogen and oxygen atoms in total. The molecule has 0 spiro atoms. The summed E-state index contributed by atoms with van der Waals surface area (Å²) in [6.45, 7) is 0. The predicted octanol–water partition coefficient (Wildman–Crippen LogP) is 4.39. The molecule has 3 aromatic rings. The number of para-hydroxylation sites is 1. The first-order valence-corrected chi connectivity index (χ1v) is 8.83. The second-order valence-corrected chi connectivity index (χ2v) is 6.87. The van der Waals surface area contributed by atoms with Gasteiger partial charge in [0.15, 0.2) is 0 Å². The van der Waals surface area contributed by atoms with Crippen LogP contribution in [0, 0.1) is 0 Å². The molecule has 2 aliphatic rings. The summed E-state index contributed by atoms with van der Waals surface area (Å²) in [7, 11) is 0. The van der Waals surface area contributed by atoms with E-state index in [0.717, 1.165) is 23.4 Å². The van der Waals surface area contributed by atoms with Gasteiger partial charge in [-0.05, 0) is 23.6 Å². The molecule has 2 atom stereocenters. The monoisotopic (exact) mass is 333 g/mol. The Hall–Kier alpha value is -2.66. The molecule has 2 unspecified atom stereocenters. The Kier molecular flexibility index (Phi) is 3.13. The Morgan fingerprint density at radius 3 is 2.88 bits per heavy atom. The lowest BCUT2D eigenvalue weighted by molar-refractivity contribution is -0.0192. The summed E-state index contributed by atoms with van der Waals surface area (Å²) in [5, 5.41) is 9.10. The van der Waals surface area contributed by atoms with Gasteiger partial charge in [0, 0.05) is 29.9 Å². The van der Waals surface area contributed by atoms with E-state index in [1.807, 2.05) is 30.5 Å². The van der Waals surface area contributed by atoms with Gasteiger partial charge in [-0.2, -0.15) is 5.10 Å². The quantitative estimate of drug-likeness (QED) is 0.698. The van der Waals surface area contributed by atoms with Crippen molar-refractivity contribution in [1.29, 1.82) is 0 Å². The van der Waals surface area contributed by atoms with E-state index in [1.54, 1.807) is 17.5 Å². The number of benzene rings is 1. The van der Waals surface area contributed by atoms with Crippen LogP contribution in [0.5, 0.6) is 5.75 Å². The van der Waals surface area contributed by atoms with E-state index in [-0.39, 0.29) is 12.3 Å². The third kappa shape index (κ3) is 2.12. The van der Waals surface area contributed by atoms with Crippen molar-refractivity contribution in [2.75, 3.05) is 0 Å². The zero-order valence-electron chi connectivity index (χ0n) is 12.9. The van der Waals surface area contributed by atoms with Crippen LogP contribution >= 0.6 is 11.3 Å². The van der Waals surface area contributed by atoms with Gasteiger partial charge >= 0.3 is 0 Å². The number of pyridine rings is 1. The molecule has 2 aliphatic heterocycles. The van der Waals surface area contributed by atoms with E-state index in [1.165, 1.54) is 10.4 Å². The molecule has 24 heavy (non-hydrogen) atoms. The van der Waals surface area contributed by atoms with Crippen LogP contribution in [-0.2, 0) is 0 Å². The van der Waals surface area contributed by atoms with Gasteiger partial charge in [-0.25, -0.2) is 5.01 Å². The largest absolute Gasteiger partial charge is 0.464 e. The fourth-order valence-electron chi connectivity index (χ4n) is 3.37. The van der Waals surface area contributed by atoms with Crippen molar-refractivity contribution in [2.24, 2.45) is 5.10 Å². The van der Waals surface area contributed by atoms with Gasteiger partial charge in [0.25, 0.3) is 0 Å². The van der Waals surface area contributed by atoms with Crippen LogP contribution in [0.25, 0.3) is 0 Å². The molecular formula is C19H15N3OS. The normalized spacial score (nSPS) is 21.7. The van der Waals surface area contributed by atoms with Crippen molar-refractivity contribution in [2.45, 2.75) is 18.7 Å². The Morgan fingerprint density at radius 2 is 2.04 bits per heavy atom. The van der Waals surface area contributed by atoms with Gasteiger partial charge in [0.2, 0.25) is 6.23 Å². The minimum absolute atomic E-state index is 0.206. The van der Waals surface area contributed by atoms with Crippen molar-refractivity contribution in [3.05, 3.63) is 82.3 Å². The van der Waals surface area contributed by atoms with Gasteiger partial charge in [0.1, 0.15) is 5.75 Å². The molecule has 4 heterocycles. The van der Waals surface area contributed by atoms with Crippen LogP contribution in [0.3, 0.4) is 0 Å². The molecule has 0 bridgehead atoms. The Balaban J connectivity index is 1.62. The maximum atomic E-state index is 6.28. The van der Waals surface area contributed by atoms with Crippen LogP contribution < -0.4 is 4.74 Å². The first-order chi connectivity index (χ1) is 11.9. The van der Waals surface area contributed by atoms with Crippen LogP contribution in [-0.4, -0.2) is 15.7 Å². The number of thiophene rings is 1. The van der Waals surface area contributed by atoms with Crippen LogP contribution in [0.2, 0.25) is 0 Å². The first-order valence-electron chi connectivity index (χ1n) is 7.95. The number of hydrogen-bond donors (Lipinski definition) is 0. The van der Waals surface area contributed by atoms with Crippen LogP contribution in [0.4, 0.5) is 0 Å². The predicted molar refractivity (Wildman–Crippen MR) is 94.1 cm³/mol. The Labute approximate surface area is 144 Å². The summed E-state index contributed by atoms with van der Waals surface area (Å²) < 4.78 is 6.28. The lowest BCUT2D eigenvalue weighted by Crippen LogP contribution is -2.33. The van der Waals surface area contributed by atoms with E-state index >= 15 is 0 Å². The highest BCUT2D eigenvalue weighted by Gasteiger charge is 2.40. The van der Waals surface area contributed by atoms with Crippen molar-refractivity contribution in [3.63, 3.8) is 0 Å². The minimum atomic E-state index is -0.240. The lowest BCUT2D eigenvalue weighted by atomic mass is 9.98. The SMILES string of the molecule is c1cncc(C2Oc3ccccc3C3CC(c4cccs4)=NN32)c1. The van der Waals surface area contributed by atoms with Crippen LogP contribution in [0.1, 0.15) is 34.7 Å². The summed E-state index contributed by atoms with van der Waals surface area (Å²) in [6, 6.07) is 16.7. The fourth-order valence-corrected chi connectivity index (χ4v) is 4.09. The number of ether oxygens (including phenoxy) is 1. The molecule has 0 saturated heterocycles. The van der Waals surface area contributed by atoms with E-state index in [9.17, 15) is 0 Å². The molecule has 5 heteroatoms. The Bertz CT molecular complexity index is 892. The summed E-state index contributed by atoms with van der Waals surface area (Å²) in [4.78, 5) is 5.47. The van der Waals surface area contributed by atoms with Crippen molar-refractivity contribution in [3.8, 4) is 5.75 Å². The number of hydrazone groups is 1. The molecule has 5 rings (SSSR count). The van der Waals surface area contributed by atoms with Crippen molar-refractivity contribution < 1.29 is 4.74 Å². The zero-order chi connectivity index (χ0) is 15.9. The average Bonchev–Trinajstić information content (AvgIpc) is 3.31. The van der Waals surface area contributed by atoms with Gasteiger partial charge < -0.3 is 4.74 Å². The molecule has 0 radical (unpaired) electrons. The number of rotatable bonds is 2. The molecule has 2 aromatic heterocycles. The van der Waals surface area contributed by atoms with E-state index in [4.69, 9.17) is 9.84 Å². The highest BCUT2D eigenvalue weighted by molar-refractivity contribution is 7.12. The maximum absolute atomic E-state index is 6.28. The second-order valence-electron chi connectivity index (χ2n) is 5.92. The number of hydrogen-bond acceptors (Lipinski definition) is 5. The third-order valence-corrected chi connectivity index (χ3v) is 5.39. The van der Waals surface area contributed by atoms with Gasteiger partial charge in [-0.1, -0.05) is 30.3 Å². The van der Waals surface area contributed by atoms with E-state index in [2.05, 4.69) is 39.6 Å². The fraction of sp³-hybridized carbons (Fsp3) is 0.158. The second kappa shape index (κ2) is 5.46. The highest BCUT2D eigenvalue weighted by Crippen LogP contribution is 2.47. The summed E-state index contributed by atoms with van der Waals surface area (Å²) in [6.07, 6.45) is 4.30. The molecule has 0 aliphatic carbocycles. The number of nitrogens with zero attached hydrogens (tertiary/aromatic N) is 3. The average molecular weight is 333 g/mol. The summed E-state index contributed by atoms with van der Waals surface area (Å²) in [5.41, 5.74) is 3.35. The van der Waals surface area contributed by atoms with Crippen molar-refractivity contribution >= 4 is 17.0 Å². The molecule has 0 N–H and O–H groups in total. The summed E-state index contributed by atoms with van der Waals surface area (Å²) in [5.74, 6) is 0.940. The molecule has 0 saturated carbocycles. The van der Waals surface area contributed by atoms with Crippen LogP contribution in [0.15, 0.2) is 71.4 Å². The van der Waals surface area contributed by atoms with Gasteiger partial charge in [0.05, 0.1) is 16.6 Å². The number of aromatic nitrogens is 1. The molecular weight excluding hydrogens is 318 g/mol. The molecule has 0 fully saturated rings.